The van der Waals surface area contributed by atoms with E-state index >= 15 is 0 Å². The van der Waals surface area contributed by atoms with Crippen molar-refractivity contribution in [2.75, 3.05) is 0 Å². The molecule has 0 aliphatic rings. The molecule has 0 aliphatic carbocycles. The summed E-state index contributed by atoms with van der Waals surface area (Å²) in [5.41, 5.74) is 1.14. The monoisotopic (exact) mass is 452 g/mol. The van der Waals surface area contributed by atoms with Gasteiger partial charge in [-0.1, -0.05) is 50.3 Å². The minimum Gasteiger partial charge on any atom is -0.480 e. The Hall–Kier alpha value is -1.96. The molecule has 0 saturated carbocycles. The predicted octanol–water partition coefficient (Wildman–Crippen LogP) is 4.69. The van der Waals surface area contributed by atoms with Crippen LogP contribution in [0.3, 0.4) is 0 Å². The lowest BCUT2D eigenvalue weighted by molar-refractivity contribution is -0.139. The van der Waals surface area contributed by atoms with Crippen LogP contribution in [0.1, 0.15) is 51.0 Å². The van der Waals surface area contributed by atoms with Crippen LogP contribution in [0.4, 0.5) is 0 Å². The summed E-state index contributed by atoms with van der Waals surface area (Å²) < 4.78 is 27.6. The number of aromatic nitrogens is 1. The highest BCUT2D eigenvalue weighted by molar-refractivity contribution is 7.89. The van der Waals surface area contributed by atoms with Crippen LogP contribution in [0, 0.1) is 5.92 Å². The molecule has 0 bridgehead atoms. The summed E-state index contributed by atoms with van der Waals surface area (Å²) in [4.78, 5) is 15.9. The van der Waals surface area contributed by atoms with E-state index in [-0.39, 0.29) is 17.2 Å². The Labute approximate surface area is 183 Å². The van der Waals surface area contributed by atoms with Crippen LogP contribution < -0.4 is 4.72 Å². The lowest BCUT2D eigenvalue weighted by Gasteiger charge is -2.22. The van der Waals surface area contributed by atoms with Crippen LogP contribution in [0.2, 0.25) is 5.02 Å². The molecule has 1 aromatic heterocycles. The number of unbranched alkanes of at least 4 members (excludes halogenated alkanes) is 1. The van der Waals surface area contributed by atoms with Gasteiger partial charge in [-0.2, -0.15) is 4.72 Å². The van der Waals surface area contributed by atoms with Crippen molar-refractivity contribution < 1.29 is 18.3 Å². The lowest BCUT2D eigenvalue weighted by atomic mass is 9.89. The number of nitrogens with zero attached hydrogens (tertiary/aromatic N) is 1. The number of carboxylic acids is 1. The largest absolute Gasteiger partial charge is 0.480 e. The fraction of sp³-hybridized carbons (Fsp3) is 0.455. The molecule has 0 saturated heterocycles. The molecule has 1 heterocycles. The van der Waals surface area contributed by atoms with Gasteiger partial charge in [0, 0.05) is 17.4 Å². The summed E-state index contributed by atoms with van der Waals surface area (Å²) in [5.74, 6) is -1.04. The summed E-state index contributed by atoms with van der Waals surface area (Å²) in [7, 11) is -3.95. The van der Waals surface area contributed by atoms with Gasteiger partial charge in [-0.3, -0.25) is 9.78 Å². The van der Waals surface area contributed by atoms with E-state index in [1.54, 1.807) is 6.20 Å². The van der Waals surface area contributed by atoms with E-state index in [0.717, 1.165) is 44.1 Å². The number of aryl methyl sites for hydroxylation is 1. The van der Waals surface area contributed by atoms with Gasteiger partial charge in [0.25, 0.3) is 0 Å². The second-order valence-corrected chi connectivity index (χ2v) is 9.61. The highest BCUT2D eigenvalue weighted by atomic mass is 35.5. The molecule has 8 heteroatoms. The number of aliphatic carboxylic acids is 1. The van der Waals surface area contributed by atoms with Crippen molar-refractivity contribution in [2.24, 2.45) is 5.92 Å². The molecule has 0 aliphatic heterocycles. The zero-order chi connectivity index (χ0) is 22.0. The quantitative estimate of drug-likeness (QED) is 0.459. The summed E-state index contributed by atoms with van der Waals surface area (Å²) in [6.07, 6.45) is 9.29. The third-order valence-corrected chi connectivity index (χ3v) is 6.79. The molecule has 2 unspecified atom stereocenters. The molecule has 1 aromatic carbocycles. The Balaban J connectivity index is 2.03. The minimum absolute atomic E-state index is 0.000152. The topological polar surface area (TPSA) is 96.4 Å². The number of carbonyl (C=O) groups is 1. The van der Waals surface area contributed by atoms with Crippen molar-refractivity contribution in [3.63, 3.8) is 0 Å². The summed E-state index contributed by atoms with van der Waals surface area (Å²) in [6, 6.07) is 8.41. The number of pyridine rings is 1. The maximum Gasteiger partial charge on any atom is 0.321 e. The number of halogens is 1. The fourth-order valence-electron chi connectivity index (χ4n) is 3.42. The normalized spacial score (nSPS) is 13.7. The van der Waals surface area contributed by atoms with Crippen LogP contribution in [0.15, 0.2) is 53.7 Å². The van der Waals surface area contributed by atoms with Crippen LogP contribution >= 0.6 is 11.6 Å². The number of benzene rings is 1. The van der Waals surface area contributed by atoms with Gasteiger partial charge in [0.05, 0.1) is 4.90 Å². The Morgan fingerprint density at radius 1 is 1.17 bits per heavy atom. The first-order chi connectivity index (χ1) is 14.3. The molecule has 0 fully saturated rings. The van der Waals surface area contributed by atoms with Crippen molar-refractivity contribution >= 4 is 27.6 Å². The maximum absolute atomic E-state index is 12.6. The van der Waals surface area contributed by atoms with E-state index in [1.165, 1.54) is 24.3 Å². The zero-order valence-electron chi connectivity index (χ0n) is 17.1. The minimum atomic E-state index is -3.95. The average molecular weight is 453 g/mol. The molecule has 2 N–H and O–H groups in total. The molecule has 6 nitrogen and oxygen atoms in total. The van der Waals surface area contributed by atoms with Crippen LogP contribution in [0.25, 0.3) is 0 Å². The summed E-state index contributed by atoms with van der Waals surface area (Å²) in [6.45, 7) is 2.09. The van der Waals surface area contributed by atoms with Crippen molar-refractivity contribution in [3.05, 3.63) is 59.4 Å². The average Bonchev–Trinajstić information content (AvgIpc) is 2.72. The third kappa shape index (κ3) is 8.05. The second-order valence-electron chi connectivity index (χ2n) is 7.46. The SMILES string of the molecule is CCCCC(CCCc1cccnc1)CC(NS(=O)(=O)c1ccc(Cl)cc1)C(=O)O. The van der Waals surface area contributed by atoms with E-state index in [2.05, 4.69) is 16.6 Å². The Kier molecular flexibility index (Phi) is 9.75. The van der Waals surface area contributed by atoms with Gasteiger partial charge < -0.3 is 5.11 Å². The summed E-state index contributed by atoms with van der Waals surface area (Å²) in [5, 5.41) is 10.1. The molecule has 2 rings (SSSR count). The summed E-state index contributed by atoms with van der Waals surface area (Å²) >= 11 is 5.81. The van der Waals surface area contributed by atoms with Gasteiger partial charge >= 0.3 is 5.97 Å². The van der Waals surface area contributed by atoms with E-state index in [0.29, 0.717) is 5.02 Å². The highest BCUT2D eigenvalue weighted by Gasteiger charge is 2.28. The number of hydrogen-bond donors (Lipinski definition) is 2. The predicted molar refractivity (Wildman–Crippen MR) is 118 cm³/mol. The van der Waals surface area contributed by atoms with Crippen molar-refractivity contribution in [2.45, 2.75) is 62.8 Å². The molecule has 2 aromatic rings. The first-order valence-electron chi connectivity index (χ1n) is 10.2. The molecular weight excluding hydrogens is 424 g/mol. The fourth-order valence-corrected chi connectivity index (χ4v) is 4.74. The number of sulfonamides is 1. The van der Waals surface area contributed by atoms with Gasteiger partial charge in [-0.05, 0) is 61.1 Å². The van der Waals surface area contributed by atoms with E-state index in [1.807, 2.05) is 18.3 Å². The zero-order valence-corrected chi connectivity index (χ0v) is 18.7. The number of nitrogens with one attached hydrogen (secondary N) is 1. The third-order valence-electron chi connectivity index (χ3n) is 5.06. The number of carboxylic acid groups (broad SMARTS) is 1. The van der Waals surface area contributed by atoms with Gasteiger partial charge in [0.1, 0.15) is 6.04 Å². The Bertz CT molecular complexity index is 889. The van der Waals surface area contributed by atoms with Crippen molar-refractivity contribution in [1.82, 2.24) is 9.71 Å². The van der Waals surface area contributed by atoms with E-state index in [4.69, 9.17) is 11.6 Å². The number of hydrogen-bond acceptors (Lipinski definition) is 4. The van der Waals surface area contributed by atoms with Crippen LogP contribution in [-0.4, -0.2) is 30.5 Å². The molecular formula is C22H29ClN2O4S. The van der Waals surface area contributed by atoms with Gasteiger partial charge in [0.2, 0.25) is 10.0 Å². The molecule has 0 amide bonds. The Morgan fingerprint density at radius 2 is 1.87 bits per heavy atom. The molecule has 2 atom stereocenters. The van der Waals surface area contributed by atoms with E-state index in [9.17, 15) is 18.3 Å². The van der Waals surface area contributed by atoms with Crippen LogP contribution in [-0.2, 0) is 21.2 Å². The maximum atomic E-state index is 12.6. The van der Waals surface area contributed by atoms with Crippen LogP contribution in [0.5, 0.6) is 0 Å². The molecule has 30 heavy (non-hydrogen) atoms. The first-order valence-corrected chi connectivity index (χ1v) is 12.1. The molecule has 0 spiro atoms. The first kappa shape index (κ1) is 24.3. The standard InChI is InChI=1S/C22H29ClN2O4S/c1-2-3-6-17(7-4-8-18-9-5-14-24-16-18)15-21(22(26)27)25-30(28,29)20-12-10-19(23)11-13-20/h5,9-14,16-17,21,25H,2-4,6-8,15H2,1H3,(H,26,27). The smallest absolute Gasteiger partial charge is 0.321 e. The van der Waals surface area contributed by atoms with Gasteiger partial charge in [-0.15, -0.1) is 0 Å². The van der Waals surface area contributed by atoms with Gasteiger partial charge in [0.15, 0.2) is 0 Å². The van der Waals surface area contributed by atoms with Gasteiger partial charge in [-0.25, -0.2) is 8.42 Å². The molecule has 0 radical (unpaired) electrons. The number of rotatable bonds is 13. The van der Waals surface area contributed by atoms with E-state index < -0.39 is 22.0 Å². The van der Waals surface area contributed by atoms with Crippen molar-refractivity contribution in [3.8, 4) is 0 Å². The Morgan fingerprint density at radius 3 is 2.47 bits per heavy atom. The highest BCUT2D eigenvalue weighted by Crippen LogP contribution is 2.23. The molecule has 164 valence electrons. The lowest BCUT2D eigenvalue weighted by Crippen LogP contribution is -2.42. The second kappa shape index (κ2) is 12.0. The van der Waals surface area contributed by atoms with Crippen molar-refractivity contribution in [1.29, 1.82) is 0 Å².